The van der Waals surface area contributed by atoms with Crippen LogP contribution in [-0.2, 0) is 30.3 Å². The minimum absolute atomic E-state index is 0.00362. The van der Waals surface area contributed by atoms with Crippen molar-refractivity contribution in [1.29, 1.82) is 0 Å². The second-order valence-electron chi connectivity index (χ2n) is 8.92. The van der Waals surface area contributed by atoms with E-state index in [0.29, 0.717) is 51.1 Å². The number of aliphatic imine (C=N–C) groups is 1. The van der Waals surface area contributed by atoms with E-state index in [2.05, 4.69) is 15.6 Å². The lowest BCUT2D eigenvalue weighted by Crippen LogP contribution is -2.45. The maximum atomic E-state index is 13.3. The van der Waals surface area contributed by atoms with E-state index in [1.165, 1.54) is 6.92 Å². The minimum atomic E-state index is -0.784. The van der Waals surface area contributed by atoms with Crippen molar-refractivity contribution >= 4 is 30.0 Å². The van der Waals surface area contributed by atoms with Crippen LogP contribution in [0.4, 0.5) is 0 Å². The van der Waals surface area contributed by atoms with E-state index < -0.39 is 18.0 Å². The summed E-state index contributed by atoms with van der Waals surface area (Å²) in [6.45, 7) is 2.40. The lowest BCUT2D eigenvalue weighted by atomic mass is 9.90. The Hall–Kier alpha value is -3.89. The highest BCUT2D eigenvalue weighted by molar-refractivity contribution is 5.92. The van der Waals surface area contributed by atoms with Crippen molar-refractivity contribution in [1.82, 2.24) is 10.6 Å². The smallest absolute Gasteiger partial charge is 0.293 e. The fourth-order valence-electron chi connectivity index (χ4n) is 3.99. The van der Waals surface area contributed by atoms with Crippen LogP contribution >= 0.6 is 0 Å². The summed E-state index contributed by atoms with van der Waals surface area (Å²) in [5.41, 5.74) is 11.6. The molecule has 0 saturated heterocycles. The number of guanidine groups is 1. The van der Waals surface area contributed by atoms with Crippen molar-refractivity contribution in [3.05, 3.63) is 42.0 Å². The Morgan fingerprint density at radius 3 is 2.62 bits per heavy atom. The van der Waals surface area contributed by atoms with Crippen LogP contribution in [0.3, 0.4) is 0 Å². The molecule has 0 aromatic heterocycles. The molecular formula is C26H37N5O6. The van der Waals surface area contributed by atoms with Crippen LogP contribution in [0.5, 0.6) is 5.75 Å². The first-order chi connectivity index (χ1) is 17.8. The van der Waals surface area contributed by atoms with Gasteiger partial charge in [0.1, 0.15) is 19.0 Å². The lowest BCUT2D eigenvalue weighted by molar-refractivity contribution is -0.134. The average Bonchev–Trinajstić information content (AvgIpc) is 2.85. The molecule has 0 saturated carbocycles. The molecule has 1 aromatic rings. The van der Waals surface area contributed by atoms with Gasteiger partial charge in [-0.25, -0.2) is 0 Å². The number of unbranched alkanes of at least 4 members (excludes halogenated alkanes) is 1. The molecule has 2 heterocycles. The normalized spacial score (nSPS) is 21.6. The molecule has 202 valence electrons. The summed E-state index contributed by atoms with van der Waals surface area (Å²) in [4.78, 5) is 53.2. The first-order valence-electron chi connectivity index (χ1n) is 12.4. The second-order valence-corrected chi connectivity index (χ2v) is 8.92. The van der Waals surface area contributed by atoms with Crippen molar-refractivity contribution in [2.75, 3.05) is 19.8 Å². The molecule has 2 bridgehead atoms. The monoisotopic (exact) mass is 515 g/mol. The maximum absolute atomic E-state index is 13.3. The topological polar surface area (TPSA) is 175 Å². The molecule has 3 atom stereocenters. The highest BCUT2D eigenvalue weighted by Crippen LogP contribution is 2.19. The first kappa shape index (κ1) is 29.3. The van der Waals surface area contributed by atoms with Gasteiger partial charge in [0, 0.05) is 25.8 Å². The number of amides is 2. The zero-order valence-corrected chi connectivity index (χ0v) is 21.2. The molecule has 2 aliphatic rings. The van der Waals surface area contributed by atoms with Crippen LogP contribution in [-0.4, -0.2) is 61.9 Å². The number of nitrogens with two attached hydrogens (primary N) is 2. The molecule has 37 heavy (non-hydrogen) atoms. The largest absolute Gasteiger partial charge is 0.490 e. The molecule has 0 spiro atoms. The van der Waals surface area contributed by atoms with Crippen LogP contribution in [0.1, 0.15) is 44.6 Å². The summed E-state index contributed by atoms with van der Waals surface area (Å²) in [5.74, 6) is -0.892. The molecule has 0 unspecified atom stereocenters. The highest BCUT2D eigenvalue weighted by Gasteiger charge is 2.28. The Balaban J connectivity index is 2.28. The molecule has 6 N–H and O–H groups in total. The fraction of sp³-hybridized carbons (Fsp3) is 0.500. The van der Waals surface area contributed by atoms with Crippen molar-refractivity contribution in [2.45, 2.75) is 57.5 Å². The van der Waals surface area contributed by atoms with Crippen LogP contribution in [0.15, 0.2) is 41.4 Å². The third-order valence-electron chi connectivity index (χ3n) is 5.85. The van der Waals surface area contributed by atoms with Gasteiger partial charge in [0.2, 0.25) is 11.8 Å². The summed E-state index contributed by atoms with van der Waals surface area (Å²) in [7, 11) is 0. The van der Waals surface area contributed by atoms with Gasteiger partial charge in [-0.15, -0.1) is 0 Å². The molecule has 0 radical (unpaired) electrons. The maximum Gasteiger partial charge on any atom is 0.293 e. The Kier molecular flexibility index (Phi) is 12.7. The van der Waals surface area contributed by atoms with Gasteiger partial charge in [-0.05, 0) is 43.4 Å². The number of Topliss-reactive ketones (excluding diaryl/α,β-unsaturated/α-hetero) is 1. The number of carbonyl (C=O) groups is 4. The van der Waals surface area contributed by atoms with E-state index >= 15 is 0 Å². The number of nitrogens with one attached hydrogen (secondary N) is 2. The summed E-state index contributed by atoms with van der Waals surface area (Å²) in [6.07, 6.45) is 5.96. The number of rotatable bonds is 9. The number of ether oxygens (including phenoxy) is 2. The standard InChI is InChI=1S/C26H37N5O6/c1-18(33)30-23-14-19-8-10-22(11-9-19)37-13-5-3-7-21(16-36-17-32)31-25(35)20(15-24(23)34)6-2-4-12-29-26(27)28/h3,5,8-11,17,20-21,23H,2,4,6-7,12-16H2,1H3,(H,30,33)(H,31,35)(H4,27,28,29)/b5-3-/t20-,21+,23+/m1/s1. The molecule has 3 rings (SSSR count). The highest BCUT2D eigenvalue weighted by atomic mass is 16.5. The van der Waals surface area contributed by atoms with E-state index in [4.69, 9.17) is 20.9 Å². The number of hydrogen-bond acceptors (Lipinski definition) is 7. The van der Waals surface area contributed by atoms with Crippen LogP contribution in [0.25, 0.3) is 0 Å². The van der Waals surface area contributed by atoms with Gasteiger partial charge < -0.3 is 31.6 Å². The number of nitrogens with zero attached hydrogens (tertiary/aromatic N) is 1. The molecule has 11 nitrogen and oxygen atoms in total. The number of fused-ring (bicyclic) bond motifs is 13. The zero-order valence-electron chi connectivity index (χ0n) is 21.2. The molecule has 2 amide bonds. The van der Waals surface area contributed by atoms with Crippen molar-refractivity contribution < 1.29 is 28.7 Å². The van der Waals surface area contributed by atoms with Gasteiger partial charge in [-0.1, -0.05) is 30.7 Å². The Morgan fingerprint density at radius 2 is 1.95 bits per heavy atom. The quantitative estimate of drug-likeness (QED) is 0.122. The predicted molar refractivity (Wildman–Crippen MR) is 139 cm³/mol. The van der Waals surface area contributed by atoms with Crippen LogP contribution < -0.4 is 26.8 Å². The summed E-state index contributed by atoms with van der Waals surface area (Å²) in [5, 5.41) is 5.63. The zero-order chi connectivity index (χ0) is 27.0. The van der Waals surface area contributed by atoms with Crippen molar-refractivity contribution in [2.24, 2.45) is 22.4 Å². The van der Waals surface area contributed by atoms with E-state index in [1.807, 2.05) is 36.4 Å². The summed E-state index contributed by atoms with van der Waals surface area (Å²) in [6, 6.07) is 6.05. The first-order valence-corrected chi connectivity index (χ1v) is 12.4. The van der Waals surface area contributed by atoms with Crippen molar-refractivity contribution in [3.8, 4) is 5.75 Å². The van der Waals surface area contributed by atoms with E-state index in [1.54, 1.807) is 0 Å². The van der Waals surface area contributed by atoms with Crippen LogP contribution in [0, 0.1) is 5.92 Å². The lowest BCUT2D eigenvalue weighted by Gasteiger charge is -2.23. The van der Waals surface area contributed by atoms with Gasteiger partial charge in [-0.3, -0.25) is 24.2 Å². The Labute approximate surface area is 217 Å². The van der Waals surface area contributed by atoms with E-state index in [0.717, 1.165) is 5.56 Å². The molecular weight excluding hydrogens is 478 g/mol. The molecule has 11 heteroatoms. The molecule has 2 aliphatic heterocycles. The van der Waals surface area contributed by atoms with Gasteiger partial charge in [0.15, 0.2) is 11.7 Å². The molecule has 0 fully saturated rings. The van der Waals surface area contributed by atoms with E-state index in [-0.39, 0.29) is 43.0 Å². The summed E-state index contributed by atoms with van der Waals surface area (Å²) >= 11 is 0. The number of ketones is 1. The third kappa shape index (κ3) is 11.6. The third-order valence-corrected chi connectivity index (χ3v) is 5.85. The van der Waals surface area contributed by atoms with Crippen LogP contribution in [0.2, 0.25) is 0 Å². The molecule has 0 aliphatic carbocycles. The van der Waals surface area contributed by atoms with E-state index in [9.17, 15) is 19.2 Å². The number of carbonyl (C=O) groups excluding carboxylic acids is 4. The fourth-order valence-corrected chi connectivity index (χ4v) is 3.99. The SMILES string of the molecule is CC(=O)N[C@H]1Cc2ccc(cc2)OC/C=C\C[C@@H](COC=O)NC(=O)[C@H](CCCCN=C(N)N)CC1=O. The van der Waals surface area contributed by atoms with Gasteiger partial charge >= 0.3 is 0 Å². The number of hydrogen-bond donors (Lipinski definition) is 4. The van der Waals surface area contributed by atoms with Gasteiger partial charge in [-0.2, -0.15) is 0 Å². The molecule has 1 aromatic carbocycles. The Bertz CT molecular complexity index is 959. The Morgan fingerprint density at radius 1 is 1.19 bits per heavy atom. The number of benzene rings is 1. The summed E-state index contributed by atoms with van der Waals surface area (Å²) < 4.78 is 10.6. The average molecular weight is 516 g/mol. The predicted octanol–water partition coefficient (Wildman–Crippen LogP) is 0.749. The van der Waals surface area contributed by atoms with Gasteiger partial charge in [0.25, 0.3) is 6.47 Å². The second kappa shape index (κ2) is 16.0. The van der Waals surface area contributed by atoms with Gasteiger partial charge in [0.05, 0.1) is 12.1 Å². The minimum Gasteiger partial charge on any atom is -0.490 e. The van der Waals surface area contributed by atoms with Crippen molar-refractivity contribution in [3.63, 3.8) is 0 Å².